The fraction of sp³-hybridized carbons (Fsp3) is 0.182. The molecule has 0 spiro atoms. The topological polar surface area (TPSA) is 52.3 Å². The summed E-state index contributed by atoms with van der Waals surface area (Å²) in [5, 5.41) is 0. The minimum Gasteiger partial charge on any atom is -0.469 e. The third-order valence-corrected chi connectivity index (χ3v) is 1.81. The Morgan fingerprint density at radius 3 is 2.86 bits per heavy atom. The standard InChI is InChI=1S/C11H13NO2/c1-14-11(13)8-4-6-9-5-2-3-7-10(9)12/h2-7H,8,12H2,1H3. The highest BCUT2D eigenvalue weighted by Gasteiger charge is 1.95. The summed E-state index contributed by atoms with van der Waals surface area (Å²) in [6.07, 6.45) is 3.81. The molecule has 3 nitrogen and oxygen atoms in total. The molecule has 0 atom stereocenters. The Bertz CT molecular complexity index is 345. The molecule has 0 saturated carbocycles. The first-order valence-corrected chi connectivity index (χ1v) is 4.32. The number of hydrogen-bond donors (Lipinski definition) is 1. The molecule has 0 amide bonds. The Morgan fingerprint density at radius 2 is 2.21 bits per heavy atom. The molecule has 0 aliphatic carbocycles. The molecule has 0 saturated heterocycles. The summed E-state index contributed by atoms with van der Waals surface area (Å²) < 4.78 is 4.50. The number of hydrogen-bond acceptors (Lipinski definition) is 3. The highest BCUT2D eigenvalue weighted by molar-refractivity contribution is 5.73. The van der Waals surface area contributed by atoms with Gasteiger partial charge in [0.25, 0.3) is 0 Å². The van der Waals surface area contributed by atoms with Crippen molar-refractivity contribution in [2.24, 2.45) is 0 Å². The van der Waals surface area contributed by atoms with Crippen LogP contribution in [0.2, 0.25) is 0 Å². The smallest absolute Gasteiger partial charge is 0.309 e. The predicted octanol–water partition coefficient (Wildman–Crippen LogP) is 1.85. The largest absolute Gasteiger partial charge is 0.469 e. The first-order chi connectivity index (χ1) is 6.74. The van der Waals surface area contributed by atoms with E-state index in [1.807, 2.05) is 30.3 Å². The Hall–Kier alpha value is -1.77. The van der Waals surface area contributed by atoms with Gasteiger partial charge in [-0.25, -0.2) is 0 Å². The highest BCUT2D eigenvalue weighted by atomic mass is 16.5. The number of methoxy groups -OCH3 is 1. The van der Waals surface area contributed by atoms with Gasteiger partial charge in [0.15, 0.2) is 0 Å². The van der Waals surface area contributed by atoms with Crippen molar-refractivity contribution in [3.63, 3.8) is 0 Å². The average molecular weight is 191 g/mol. The Labute approximate surface area is 83.2 Å². The van der Waals surface area contributed by atoms with Crippen molar-refractivity contribution in [3.8, 4) is 0 Å². The van der Waals surface area contributed by atoms with Crippen LogP contribution in [0.1, 0.15) is 12.0 Å². The molecule has 3 heteroatoms. The SMILES string of the molecule is COC(=O)CC=Cc1ccccc1N. The number of nitrogen functional groups attached to an aromatic ring is 1. The van der Waals surface area contributed by atoms with E-state index in [1.165, 1.54) is 7.11 Å². The Kier molecular flexibility index (Phi) is 3.73. The van der Waals surface area contributed by atoms with E-state index in [2.05, 4.69) is 4.74 Å². The summed E-state index contributed by atoms with van der Waals surface area (Å²) in [7, 11) is 1.37. The van der Waals surface area contributed by atoms with Gasteiger partial charge in [-0.15, -0.1) is 0 Å². The third kappa shape index (κ3) is 2.94. The van der Waals surface area contributed by atoms with E-state index in [0.717, 1.165) is 5.56 Å². The van der Waals surface area contributed by atoms with Crippen molar-refractivity contribution in [1.29, 1.82) is 0 Å². The molecule has 74 valence electrons. The second-order valence-electron chi connectivity index (χ2n) is 2.81. The zero-order valence-corrected chi connectivity index (χ0v) is 8.07. The zero-order chi connectivity index (χ0) is 10.4. The van der Waals surface area contributed by atoms with Crippen LogP contribution in [0.15, 0.2) is 30.3 Å². The molecule has 0 radical (unpaired) electrons. The molecule has 0 aromatic heterocycles. The zero-order valence-electron chi connectivity index (χ0n) is 8.07. The average Bonchev–Trinajstić information content (AvgIpc) is 2.20. The number of rotatable bonds is 3. The molecule has 0 aliphatic rings. The minimum atomic E-state index is -0.254. The Balaban J connectivity index is 2.60. The van der Waals surface area contributed by atoms with Crippen LogP contribution in [0.4, 0.5) is 5.69 Å². The lowest BCUT2D eigenvalue weighted by atomic mass is 10.1. The molecular formula is C11H13NO2. The van der Waals surface area contributed by atoms with E-state index in [0.29, 0.717) is 5.69 Å². The van der Waals surface area contributed by atoms with Crippen LogP contribution in [0.5, 0.6) is 0 Å². The van der Waals surface area contributed by atoms with Gasteiger partial charge in [0.05, 0.1) is 13.5 Å². The molecule has 1 aromatic rings. The van der Waals surface area contributed by atoms with Crippen LogP contribution >= 0.6 is 0 Å². The molecule has 0 bridgehead atoms. The summed E-state index contributed by atoms with van der Waals surface area (Å²) in [4.78, 5) is 10.8. The van der Waals surface area contributed by atoms with Crippen LogP contribution in [-0.4, -0.2) is 13.1 Å². The number of para-hydroxylation sites is 1. The maximum atomic E-state index is 10.8. The summed E-state index contributed by atoms with van der Waals surface area (Å²) in [5.74, 6) is -0.254. The van der Waals surface area contributed by atoms with Gasteiger partial charge in [0.1, 0.15) is 0 Å². The molecule has 0 heterocycles. The van der Waals surface area contributed by atoms with Crippen molar-refractivity contribution in [2.75, 3.05) is 12.8 Å². The van der Waals surface area contributed by atoms with Crippen LogP contribution < -0.4 is 5.73 Å². The van der Waals surface area contributed by atoms with Crippen LogP contribution in [0, 0.1) is 0 Å². The van der Waals surface area contributed by atoms with Gasteiger partial charge in [-0.2, -0.15) is 0 Å². The van der Waals surface area contributed by atoms with Crippen molar-refractivity contribution < 1.29 is 9.53 Å². The Morgan fingerprint density at radius 1 is 1.50 bits per heavy atom. The van der Waals surface area contributed by atoms with Gasteiger partial charge >= 0.3 is 5.97 Å². The van der Waals surface area contributed by atoms with Gasteiger partial charge in [-0.05, 0) is 11.6 Å². The van der Waals surface area contributed by atoms with Crippen molar-refractivity contribution in [2.45, 2.75) is 6.42 Å². The number of carbonyl (C=O) groups is 1. The molecule has 1 rings (SSSR count). The van der Waals surface area contributed by atoms with E-state index in [1.54, 1.807) is 6.08 Å². The van der Waals surface area contributed by atoms with Crippen molar-refractivity contribution in [1.82, 2.24) is 0 Å². The molecular weight excluding hydrogens is 178 g/mol. The first kappa shape index (κ1) is 10.3. The van der Waals surface area contributed by atoms with E-state index in [4.69, 9.17) is 5.73 Å². The van der Waals surface area contributed by atoms with Crippen LogP contribution in [0.3, 0.4) is 0 Å². The first-order valence-electron chi connectivity index (χ1n) is 4.32. The van der Waals surface area contributed by atoms with E-state index in [9.17, 15) is 4.79 Å². The maximum absolute atomic E-state index is 10.8. The molecule has 0 unspecified atom stereocenters. The maximum Gasteiger partial charge on any atom is 0.309 e. The minimum absolute atomic E-state index is 0.254. The van der Waals surface area contributed by atoms with E-state index < -0.39 is 0 Å². The molecule has 0 aliphatic heterocycles. The predicted molar refractivity (Wildman–Crippen MR) is 56.5 cm³/mol. The second kappa shape index (κ2) is 5.07. The van der Waals surface area contributed by atoms with Crippen molar-refractivity contribution in [3.05, 3.63) is 35.9 Å². The number of benzene rings is 1. The van der Waals surface area contributed by atoms with E-state index in [-0.39, 0.29) is 12.4 Å². The van der Waals surface area contributed by atoms with Gasteiger partial charge in [-0.1, -0.05) is 30.4 Å². The summed E-state index contributed by atoms with van der Waals surface area (Å²) >= 11 is 0. The fourth-order valence-electron chi connectivity index (χ4n) is 1.03. The van der Waals surface area contributed by atoms with Crippen LogP contribution in [0.25, 0.3) is 6.08 Å². The van der Waals surface area contributed by atoms with Gasteiger partial charge in [0, 0.05) is 5.69 Å². The van der Waals surface area contributed by atoms with Crippen LogP contribution in [-0.2, 0) is 9.53 Å². The summed E-state index contributed by atoms with van der Waals surface area (Å²) in [5.41, 5.74) is 7.32. The highest BCUT2D eigenvalue weighted by Crippen LogP contribution is 2.12. The monoisotopic (exact) mass is 191 g/mol. The molecule has 1 aromatic carbocycles. The molecule has 14 heavy (non-hydrogen) atoms. The number of nitrogens with two attached hydrogens (primary N) is 1. The molecule has 2 N–H and O–H groups in total. The fourth-order valence-corrected chi connectivity index (χ4v) is 1.03. The third-order valence-electron chi connectivity index (χ3n) is 1.81. The number of carbonyl (C=O) groups excluding carboxylic acids is 1. The summed E-state index contributed by atoms with van der Waals surface area (Å²) in [6.45, 7) is 0. The lowest BCUT2D eigenvalue weighted by molar-refractivity contribution is -0.139. The van der Waals surface area contributed by atoms with Gasteiger partial charge in [0.2, 0.25) is 0 Å². The normalized spacial score (nSPS) is 10.4. The quantitative estimate of drug-likeness (QED) is 0.586. The second-order valence-corrected chi connectivity index (χ2v) is 2.81. The molecule has 0 fully saturated rings. The lowest BCUT2D eigenvalue weighted by Crippen LogP contribution is -1.96. The number of anilines is 1. The van der Waals surface area contributed by atoms with Crippen molar-refractivity contribution >= 4 is 17.7 Å². The van der Waals surface area contributed by atoms with Gasteiger partial charge < -0.3 is 10.5 Å². The number of ether oxygens (including phenoxy) is 1. The lowest BCUT2D eigenvalue weighted by Gasteiger charge is -1.98. The van der Waals surface area contributed by atoms with Gasteiger partial charge in [-0.3, -0.25) is 4.79 Å². The van der Waals surface area contributed by atoms with E-state index >= 15 is 0 Å². The summed E-state index contributed by atoms with van der Waals surface area (Å²) in [6, 6.07) is 7.47. The number of esters is 1.